The van der Waals surface area contributed by atoms with Gasteiger partial charge in [-0.25, -0.2) is 4.39 Å². The molecule has 1 atom stereocenters. The Balaban J connectivity index is 2.76. The minimum atomic E-state index is -0.734. The maximum atomic E-state index is 12.9. The molecule has 1 unspecified atom stereocenters. The molecule has 0 bridgehead atoms. The number of carbonyl (C=O) groups excluding carboxylic acids is 2. The highest BCUT2D eigenvalue weighted by molar-refractivity contribution is 9.10. The van der Waals surface area contributed by atoms with Gasteiger partial charge in [0, 0.05) is 17.1 Å². The second kappa shape index (κ2) is 6.75. The van der Waals surface area contributed by atoms with Gasteiger partial charge in [-0.15, -0.1) is 0 Å². The lowest BCUT2D eigenvalue weighted by molar-refractivity contribution is -0.124. The number of carbonyl (C=O) groups is 2. The van der Waals surface area contributed by atoms with E-state index in [0.717, 1.165) is 0 Å². The smallest absolute Gasteiger partial charge is 0.247 e. The van der Waals surface area contributed by atoms with Gasteiger partial charge in [0.25, 0.3) is 0 Å². The van der Waals surface area contributed by atoms with E-state index in [9.17, 15) is 14.0 Å². The number of anilines is 1. The van der Waals surface area contributed by atoms with Gasteiger partial charge in [-0.05, 0) is 34.1 Å². The molecule has 0 aliphatic carbocycles. The fourth-order valence-electron chi connectivity index (χ4n) is 1.25. The maximum Gasteiger partial charge on any atom is 0.247 e. The molecule has 1 rings (SSSR count). The molecule has 1 aromatic rings. The first kappa shape index (κ1) is 15.0. The molecular weight excluding hydrogens is 323 g/mol. The lowest BCUT2D eigenvalue weighted by atomic mass is 10.2. The number of hydrogen-bond donors (Lipinski definition) is 3. The number of nitrogens with one attached hydrogen (secondary N) is 2. The Hall–Kier alpha value is -1.08. The Labute approximate surface area is 118 Å². The lowest BCUT2D eigenvalue weighted by Crippen LogP contribution is -2.44. The van der Waals surface area contributed by atoms with E-state index in [0.29, 0.717) is 10.2 Å². The van der Waals surface area contributed by atoms with Crippen molar-refractivity contribution in [3.05, 3.63) is 28.5 Å². The highest BCUT2D eigenvalue weighted by Crippen LogP contribution is 2.23. The predicted molar refractivity (Wildman–Crippen MR) is 74.2 cm³/mol. The van der Waals surface area contributed by atoms with Crippen molar-refractivity contribution in [1.29, 1.82) is 0 Å². The van der Waals surface area contributed by atoms with Gasteiger partial charge in [0.15, 0.2) is 0 Å². The summed E-state index contributed by atoms with van der Waals surface area (Å²) in [5.74, 6) is -0.966. The number of hydrogen-bond acceptors (Lipinski definition) is 3. The third-order valence-electron chi connectivity index (χ3n) is 2.07. The molecule has 0 saturated heterocycles. The largest absolute Gasteiger partial charge is 0.344 e. The summed E-state index contributed by atoms with van der Waals surface area (Å²) < 4.78 is 13.3. The summed E-state index contributed by atoms with van der Waals surface area (Å²) in [4.78, 5) is 22.7. The first-order chi connectivity index (χ1) is 8.43. The Kier molecular flexibility index (Phi) is 5.61. The summed E-state index contributed by atoms with van der Waals surface area (Å²) in [5.41, 5.74) is 0.429. The first-order valence-electron chi connectivity index (χ1n) is 5.08. The minimum Gasteiger partial charge on any atom is -0.344 e. The van der Waals surface area contributed by atoms with Gasteiger partial charge in [-0.1, -0.05) is 0 Å². The zero-order valence-corrected chi connectivity index (χ0v) is 12.0. The normalized spacial score (nSPS) is 11.8. The van der Waals surface area contributed by atoms with E-state index >= 15 is 0 Å². The number of rotatable bonds is 4. The van der Waals surface area contributed by atoms with Crippen LogP contribution in [0, 0.1) is 5.82 Å². The predicted octanol–water partition coefficient (Wildman–Crippen LogP) is 1.96. The van der Waals surface area contributed by atoms with E-state index in [-0.39, 0.29) is 11.7 Å². The van der Waals surface area contributed by atoms with Crippen LogP contribution in [0.1, 0.15) is 6.92 Å². The first-order valence-corrected chi connectivity index (χ1v) is 6.50. The molecule has 0 aliphatic rings. The Morgan fingerprint density at radius 2 is 2.17 bits per heavy atom. The molecule has 98 valence electrons. The molecule has 0 heterocycles. The van der Waals surface area contributed by atoms with Crippen LogP contribution in [0.3, 0.4) is 0 Å². The summed E-state index contributed by atoms with van der Waals surface area (Å²) >= 11 is 7.13. The van der Waals surface area contributed by atoms with Gasteiger partial charge in [-0.2, -0.15) is 12.6 Å². The van der Waals surface area contributed by atoms with E-state index in [4.69, 9.17) is 0 Å². The van der Waals surface area contributed by atoms with E-state index in [1.54, 1.807) is 0 Å². The van der Waals surface area contributed by atoms with Crippen LogP contribution < -0.4 is 10.6 Å². The summed E-state index contributed by atoms with van der Waals surface area (Å²) in [6, 6.07) is 3.17. The van der Waals surface area contributed by atoms with Gasteiger partial charge in [0.1, 0.15) is 11.9 Å². The summed E-state index contributed by atoms with van der Waals surface area (Å²) in [6.07, 6.45) is 0. The number of amides is 2. The van der Waals surface area contributed by atoms with Gasteiger partial charge in [-0.3, -0.25) is 9.59 Å². The standard InChI is InChI=1S/C11H12BrFN2O2S/c1-6(16)14-10(5-18)11(17)15-9-3-2-7(13)4-8(9)12/h2-4,10,18H,5H2,1H3,(H,14,16)(H,15,17). The number of thiol groups is 1. The zero-order chi connectivity index (χ0) is 13.7. The second-order valence-electron chi connectivity index (χ2n) is 3.55. The quantitative estimate of drug-likeness (QED) is 0.737. The lowest BCUT2D eigenvalue weighted by Gasteiger charge is -2.16. The van der Waals surface area contributed by atoms with Crippen molar-refractivity contribution in [3.63, 3.8) is 0 Å². The molecule has 1 aromatic carbocycles. The van der Waals surface area contributed by atoms with E-state index in [1.807, 2.05) is 0 Å². The van der Waals surface area contributed by atoms with Crippen molar-refractivity contribution < 1.29 is 14.0 Å². The fraction of sp³-hybridized carbons (Fsp3) is 0.273. The molecule has 2 amide bonds. The fourth-order valence-corrected chi connectivity index (χ4v) is 1.96. The Bertz CT molecular complexity index is 470. The molecule has 2 N–H and O–H groups in total. The van der Waals surface area contributed by atoms with Crippen molar-refractivity contribution in [1.82, 2.24) is 5.32 Å². The van der Waals surface area contributed by atoms with Crippen LogP contribution in [0.2, 0.25) is 0 Å². The summed E-state index contributed by atoms with van der Waals surface area (Å²) in [5, 5.41) is 5.04. The topological polar surface area (TPSA) is 58.2 Å². The van der Waals surface area contributed by atoms with E-state index in [2.05, 4.69) is 39.2 Å². The van der Waals surface area contributed by atoms with Gasteiger partial charge in [0.05, 0.1) is 5.69 Å². The monoisotopic (exact) mass is 334 g/mol. The van der Waals surface area contributed by atoms with Gasteiger partial charge < -0.3 is 10.6 Å². The molecule has 4 nitrogen and oxygen atoms in total. The molecular formula is C11H12BrFN2O2S. The zero-order valence-electron chi connectivity index (χ0n) is 9.54. The maximum absolute atomic E-state index is 12.9. The van der Waals surface area contributed by atoms with Crippen LogP contribution >= 0.6 is 28.6 Å². The number of benzene rings is 1. The third-order valence-corrected chi connectivity index (χ3v) is 3.09. The molecule has 18 heavy (non-hydrogen) atoms. The highest BCUT2D eigenvalue weighted by Gasteiger charge is 2.18. The van der Waals surface area contributed by atoms with Crippen LogP contribution in [0.15, 0.2) is 22.7 Å². The van der Waals surface area contributed by atoms with E-state index < -0.39 is 17.8 Å². The second-order valence-corrected chi connectivity index (χ2v) is 4.77. The highest BCUT2D eigenvalue weighted by atomic mass is 79.9. The van der Waals surface area contributed by atoms with Gasteiger partial charge >= 0.3 is 0 Å². The van der Waals surface area contributed by atoms with Crippen molar-refractivity contribution in [2.24, 2.45) is 0 Å². The third kappa shape index (κ3) is 4.30. The molecule has 0 spiro atoms. The van der Waals surface area contributed by atoms with Crippen LogP contribution in [0.5, 0.6) is 0 Å². The average Bonchev–Trinajstić information content (AvgIpc) is 2.29. The van der Waals surface area contributed by atoms with Crippen LogP contribution in [0.25, 0.3) is 0 Å². The van der Waals surface area contributed by atoms with Crippen molar-refractivity contribution in [2.45, 2.75) is 13.0 Å². The number of halogens is 2. The van der Waals surface area contributed by atoms with Crippen LogP contribution in [-0.4, -0.2) is 23.6 Å². The minimum absolute atomic E-state index is 0.171. The average molecular weight is 335 g/mol. The van der Waals surface area contributed by atoms with Crippen molar-refractivity contribution in [2.75, 3.05) is 11.1 Å². The Morgan fingerprint density at radius 1 is 1.50 bits per heavy atom. The molecule has 0 radical (unpaired) electrons. The summed E-state index contributed by atoms with van der Waals surface area (Å²) in [7, 11) is 0. The van der Waals surface area contributed by atoms with Crippen LogP contribution in [0.4, 0.5) is 10.1 Å². The van der Waals surface area contributed by atoms with Crippen molar-refractivity contribution >= 4 is 46.1 Å². The molecule has 0 fully saturated rings. The van der Waals surface area contributed by atoms with Crippen LogP contribution in [-0.2, 0) is 9.59 Å². The van der Waals surface area contributed by atoms with Crippen molar-refractivity contribution in [3.8, 4) is 0 Å². The van der Waals surface area contributed by atoms with Gasteiger partial charge in [0.2, 0.25) is 11.8 Å². The Morgan fingerprint density at radius 3 is 2.67 bits per heavy atom. The summed E-state index contributed by atoms with van der Waals surface area (Å²) in [6.45, 7) is 1.32. The SMILES string of the molecule is CC(=O)NC(CS)C(=O)Nc1ccc(F)cc1Br. The molecule has 0 aliphatic heterocycles. The molecule has 0 aromatic heterocycles. The molecule has 7 heteroatoms. The molecule has 0 saturated carbocycles. The van der Waals surface area contributed by atoms with E-state index in [1.165, 1.54) is 25.1 Å².